The van der Waals surface area contributed by atoms with E-state index in [2.05, 4.69) is 15.9 Å². The molecule has 0 aliphatic carbocycles. The summed E-state index contributed by atoms with van der Waals surface area (Å²) < 4.78 is 1.01. The number of phenolic OH excluding ortho intramolecular Hbond substituents is 1. The minimum Gasteiger partial charge on any atom is -0.508 e. The normalized spacial score (nSPS) is 10.4. The van der Waals surface area contributed by atoms with E-state index in [4.69, 9.17) is 5.73 Å². The van der Waals surface area contributed by atoms with Crippen molar-refractivity contribution in [1.82, 2.24) is 0 Å². The van der Waals surface area contributed by atoms with Crippen molar-refractivity contribution in [2.75, 3.05) is 11.9 Å². The summed E-state index contributed by atoms with van der Waals surface area (Å²) in [7, 11) is 1.96. The number of phenols is 1. The smallest absolute Gasteiger partial charge is 0.117 e. The zero-order valence-corrected chi connectivity index (χ0v) is 11.7. The van der Waals surface area contributed by atoms with Crippen LogP contribution in [0, 0.1) is 0 Å². The zero-order valence-electron chi connectivity index (χ0n) is 10.1. The van der Waals surface area contributed by atoms with Gasteiger partial charge in [-0.3, -0.25) is 0 Å². The number of nitrogens with zero attached hydrogens (tertiary/aromatic N) is 1. The molecule has 3 N–H and O–H groups in total. The highest BCUT2D eigenvalue weighted by Gasteiger charge is 2.09. The van der Waals surface area contributed by atoms with Gasteiger partial charge in [-0.05, 0) is 35.9 Å². The van der Waals surface area contributed by atoms with Gasteiger partial charge < -0.3 is 15.7 Å². The molecule has 0 saturated heterocycles. The molecule has 0 aliphatic heterocycles. The summed E-state index contributed by atoms with van der Waals surface area (Å²) in [6.45, 7) is 0.470. The Balaban J connectivity index is 2.42. The first-order valence-electron chi connectivity index (χ1n) is 5.63. The van der Waals surface area contributed by atoms with Crippen LogP contribution in [0.1, 0.15) is 5.56 Å². The molecule has 2 aromatic carbocycles. The highest BCUT2D eigenvalue weighted by Crippen LogP contribution is 2.30. The maximum atomic E-state index is 9.52. The maximum absolute atomic E-state index is 9.52. The van der Waals surface area contributed by atoms with Crippen LogP contribution >= 0.6 is 15.9 Å². The fourth-order valence-corrected chi connectivity index (χ4v) is 2.29. The first-order chi connectivity index (χ1) is 8.61. The average molecular weight is 307 g/mol. The van der Waals surface area contributed by atoms with Gasteiger partial charge in [-0.15, -0.1) is 0 Å². The summed E-state index contributed by atoms with van der Waals surface area (Å²) in [6.07, 6.45) is 0. The summed E-state index contributed by atoms with van der Waals surface area (Å²) in [6, 6.07) is 13.1. The Hall–Kier alpha value is -1.52. The Morgan fingerprint density at radius 1 is 1.22 bits per heavy atom. The molecule has 4 heteroatoms. The lowest BCUT2D eigenvalue weighted by atomic mass is 10.1. The van der Waals surface area contributed by atoms with E-state index in [9.17, 15) is 5.11 Å². The van der Waals surface area contributed by atoms with Crippen LogP contribution in [0.5, 0.6) is 5.75 Å². The number of halogens is 1. The zero-order chi connectivity index (χ0) is 13.1. The average Bonchev–Trinajstić information content (AvgIpc) is 2.37. The summed E-state index contributed by atoms with van der Waals surface area (Å²) in [5, 5.41) is 9.52. The van der Waals surface area contributed by atoms with Crippen LogP contribution in [0.3, 0.4) is 0 Å². The van der Waals surface area contributed by atoms with E-state index in [1.165, 1.54) is 0 Å². The first kappa shape index (κ1) is 12.9. The maximum Gasteiger partial charge on any atom is 0.117 e. The van der Waals surface area contributed by atoms with E-state index in [-0.39, 0.29) is 5.75 Å². The molecule has 0 atom stereocenters. The third-order valence-corrected chi connectivity index (χ3v) is 3.33. The molecule has 3 nitrogen and oxygen atoms in total. The summed E-state index contributed by atoms with van der Waals surface area (Å²) in [4.78, 5) is 2.01. The molecular formula is C14H15BrN2O. The Morgan fingerprint density at radius 2 is 2.00 bits per heavy atom. The van der Waals surface area contributed by atoms with Gasteiger partial charge in [0.2, 0.25) is 0 Å². The van der Waals surface area contributed by atoms with Crippen molar-refractivity contribution in [2.24, 2.45) is 5.73 Å². The minimum absolute atomic E-state index is 0.255. The number of benzene rings is 2. The van der Waals surface area contributed by atoms with Crippen LogP contribution in [-0.2, 0) is 6.54 Å². The van der Waals surface area contributed by atoms with E-state index in [1.807, 2.05) is 42.3 Å². The van der Waals surface area contributed by atoms with Crippen molar-refractivity contribution in [1.29, 1.82) is 0 Å². The Morgan fingerprint density at radius 3 is 2.67 bits per heavy atom. The van der Waals surface area contributed by atoms with Crippen LogP contribution < -0.4 is 10.6 Å². The van der Waals surface area contributed by atoms with E-state index in [0.717, 1.165) is 21.4 Å². The lowest BCUT2D eigenvalue weighted by Gasteiger charge is -2.22. The van der Waals surface area contributed by atoms with E-state index in [0.29, 0.717) is 6.54 Å². The number of hydrogen-bond acceptors (Lipinski definition) is 3. The fraction of sp³-hybridized carbons (Fsp3) is 0.143. The molecular weight excluding hydrogens is 292 g/mol. The number of aromatic hydroxyl groups is 1. The molecule has 0 fully saturated rings. The second-order valence-corrected chi connectivity index (χ2v) is 4.97. The molecule has 0 radical (unpaired) electrons. The van der Waals surface area contributed by atoms with Gasteiger partial charge in [-0.1, -0.05) is 22.0 Å². The molecule has 0 spiro atoms. The predicted octanol–water partition coefficient (Wildman–Crippen LogP) is 3.38. The van der Waals surface area contributed by atoms with Crippen LogP contribution in [-0.4, -0.2) is 12.2 Å². The van der Waals surface area contributed by atoms with Crippen molar-refractivity contribution >= 4 is 27.3 Å². The van der Waals surface area contributed by atoms with Gasteiger partial charge in [0, 0.05) is 35.5 Å². The second-order valence-electron chi connectivity index (χ2n) is 4.06. The molecule has 0 amide bonds. The predicted molar refractivity (Wildman–Crippen MR) is 78.2 cm³/mol. The van der Waals surface area contributed by atoms with Gasteiger partial charge in [-0.2, -0.15) is 0 Å². The topological polar surface area (TPSA) is 49.5 Å². The van der Waals surface area contributed by atoms with Gasteiger partial charge in [0.25, 0.3) is 0 Å². The van der Waals surface area contributed by atoms with E-state index in [1.54, 1.807) is 12.1 Å². The highest BCUT2D eigenvalue weighted by molar-refractivity contribution is 9.10. The van der Waals surface area contributed by atoms with Crippen molar-refractivity contribution in [3.8, 4) is 5.75 Å². The van der Waals surface area contributed by atoms with Crippen LogP contribution in [0.4, 0.5) is 11.4 Å². The monoisotopic (exact) mass is 306 g/mol. The second kappa shape index (κ2) is 5.42. The lowest BCUT2D eigenvalue weighted by molar-refractivity contribution is 0.475. The Bertz CT molecular complexity index is 557. The fourth-order valence-electron chi connectivity index (χ4n) is 1.89. The molecule has 0 bridgehead atoms. The summed E-state index contributed by atoms with van der Waals surface area (Å²) >= 11 is 3.44. The lowest BCUT2D eigenvalue weighted by Crippen LogP contribution is -2.13. The number of nitrogens with two attached hydrogens (primary N) is 1. The molecule has 2 rings (SSSR count). The molecule has 0 heterocycles. The molecule has 18 heavy (non-hydrogen) atoms. The molecule has 0 aromatic heterocycles. The Labute approximate surface area is 115 Å². The quantitative estimate of drug-likeness (QED) is 0.914. The minimum atomic E-state index is 0.255. The van der Waals surface area contributed by atoms with Crippen LogP contribution in [0.25, 0.3) is 0 Å². The third-order valence-electron chi connectivity index (χ3n) is 2.84. The molecule has 94 valence electrons. The number of hydrogen-bond donors (Lipinski definition) is 2. The molecule has 0 unspecified atom stereocenters. The van der Waals surface area contributed by atoms with Gasteiger partial charge in [0.15, 0.2) is 0 Å². The summed E-state index contributed by atoms with van der Waals surface area (Å²) in [5.41, 5.74) is 8.78. The van der Waals surface area contributed by atoms with E-state index < -0.39 is 0 Å². The van der Waals surface area contributed by atoms with Gasteiger partial charge in [-0.25, -0.2) is 0 Å². The van der Waals surface area contributed by atoms with Crippen molar-refractivity contribution in [3.63, 3.8) is 0 Å². The standard InChI is InChI=1S/C14H15BrN2O/c1-17(12-3-2-4-13(18)8-12)14-6-5-11(15)7-10(14)9-16/h2-8,18H,9,16H2,1H3. The van der Waals surface area contributed by atoms with Crippen molar-refractivity contribution in [3.05, 3.63) is 52.5 Å². The highest BCUT2D eigenvalue weighted by atomic mass is 79.9. The van der Waals surface area contributed by atoms with Crippen molar-refractivity contribution in [2.45, 2.75) is 6.54 Å². The van der Waals surface area contributed by atoms with Gasteiger partial charge in [0.1, 0.15) is 5.75 Å². The number of rotatable bonds is 3. The van der Waals surface area contributed by atoms with Crippen molar-refractivity contribution < 1.29 is 5.11 Å². The summed E-state index contributed by atoms with van der Waals surface area (Å²) in [5.74, 6) is 0.255. The number of anilines is 2. The Kier molecular flexibility index (Phi) is 3.89. The van der Waals surface area contributed by atoms with Crippen LogP contribution in [0.2, 0.25) is 0 Å². The van der Waals surface area contributed by atoms with Gasteiger partial charge in [0.05, 0.1) is 0 Å². The third kappa shape index (κ3) is 2.66. The largest absolute Gasteiger partial charge is 0.508 e. The molecule has 0 aliphatic rings. The van der Waals surface area contributed by atoms with E-state index >= 15 is 0 Å². The molecule has 2 aromatic rings. The first-order valence-corrected chi connectivity index (χ1v) is 6.42. The van der Waals surface area contributed by atoms with Gasteiger partial charge >= 0.3 is 0 Å². The SMILES string of the molecule is CN(c1cccc(O)c1)c1ccc(Br)cc1CN. The molecule has 0 saturated carbocycles. The van der Waals surface area contributed by atoms with Crippen LogP contribution in [0.15, 0.2) is 46.9 Å².